The maximum Gasteiger partial charge on any atom is -0.0105 e. The molecule has 1 heteroatoms. The van der Waals surface area contributed by atoms with E-state index in [2.05, 4.69) is 60.7 Å². The first-order valence-electron chi connectivity index (χ1n) is 4.82. The molecule has 0 N–H and O–H groups in total. The van der Waals surface area contributed by atoms with Crippen molar-refractivity contribution in [2.75, 3.05) is 0 Å². The van der Waals surface area contributed by atoms with Crippen molar-refractivity contribution in [2.45, 2.75) is 0 Å². The molecule has 0 nitrogen and oxygen atoms in total. The first-order chi connectivity index (χ1) is 6.95. The minimum atomic E-state index is 0. The van der Waals surface area contributed by atoms with Crippen LogP contribution in [0.3, 0.4) is 0 Å². The smallest absolute Gasteiger partial charge is 0.0105 e. The van der Waals surface area contributed by atoms with E-state index in [0.717, 1.165) is 0 Å². The maximum atomic E-state index is 2.18. The third kappa shape index (κ3) is 1.67. The van der Waals surface area contributed by atoms with Crippen molar-refractivity contribution in [1.29, 1.82) is 0 Å². The average molecular weight is 186 g/mol. The van der Waals surface area contributed by atoms with Gasteiger partial charge in [-0.1, -0.05) is 60.7 Å². The van der Waals surface area contributed by atoms with Crippen molar-refractivity contribution in [3.05, 3.63) is 60.7 Å². The zero-order valence-electron chi connectivity index (χ0n) is 7.77. The van der Waals surface area contributed by atoms with Gasteiger partial charge in [0.25, 0.3) is 0 Å². The normalized spacial score (nSPS) is 10.1. The topological polar surface area (TPSA) is 0 Å². The first kappa shape index (κ1) is 10.3. The van der Waals surface area contributed by atoms with Crippen molar-refractivity contribution in [1.82, 2.24) is 0 Å². The standard InChI is InChI=1S/C14H10.Li.H/c1-3-7-13-11(5-1)9-10-12-6-2-4-8-14(12)13;;/h1-10H;;. The molecule has 0 saturated carbocycles. The molecule has 0 radical (unpaired) electrons. The van der Waals surface area contributed by atoms with Gasteiger partial charge in [0.2, 0.25) is 0 Å². The summed E-state index contributed by atoms with van der Waals surface area (Å²) in [6.45, 7) is 0. The average Bonchev–Trinajstić information content (AvgIpc) is 2.29. The number of fused-ring (bicyclic) bond motifs is 3. The fourth-order valence-corrected chi connectivity index (χ4v) is 1.95. The first-order valence-corrected chi connectivity index (χ1v) is 4.82. The molecule has 68 valence electrons. The van der Waals surface area contributed by atoms with Gasteiger partial charge in [0.15, 0.2) is 0 Å². The van der Waals surface area contributed by atoms with Gasteiger partial charge in [-0.2, -0.15) is 0 Å². The van der Waals surface area contributed by atoms with Gasteiger partial charge in [0, 0.05) is 0 Å². The molecular formula is C14H11Li. The summed E-state index contributed by atoms with van der Waals surface area (Å²) >= 11 is 0. The Kier molecular flexibility index (Phi) is 2.82. The summed E-state index contributed by atoms with van der Waals surface area (Å²) in [7, 11) is 0. The summed E-state index contributed by atoms with van der Waals surface area (Å²) in [4.78, 5) is 0. The summed E-state index contributed by atoms with van der Waals surface area (Å²) in [5.41, 5.74) is 0. The van der Waals surface area contributed by atoms with Crippen molar-refractivity contribution in [3.63, 3.8) is 0 Å². The molecule has 0 bridgehead atoms. The molecule has 15 heavy (non-hydrogen) atoms. The molecule has 0 amide bonds. The molecule has 0 saturated heterocycles. The van der Waals surface area contributed by atoms with Gasteiger partial charge in [-0.15, -0.1) is 0 Å². The van der Waals surface area contributed by atoms with E-state index in [0.29, 0.717) is 0 Å². The molecule has 0 spiro atoms. The van der Waals surface area contributed by atoms with E-state index in [1.165, 1.54) is 21.5 Å². The minimum absolute atomic E-state index is 0. The SMILES string of the molecule is [LiH].c1ccc2c(c1)ccc1ccccc12. The summed E-state index contributed by atoms with van der Waals surface area (Å²) in [5.74, 6) is 0. The maximum absolute atomic E-state index is 2.18. The quantitative estimate of drug-likeness (QED) is 0.373. The summed E-state index contributed by atoms with van der Waals surface area (Å²) < 4.78 is 0. The second-order valence-electron chi connectivity index (χ2n) is 3.51. The fraction of sp³-hybridized carbons (Fsp3) is 0. The molecule has 0 fully saturated rings. The second kappa shape index (κ2) is 4.11. The Hall–Kier alpha value is -1.22. The molecule has 0 aromatic heterocycles. The van der Waals surface area contributed by atoms with Gasteiger partial charge in [0.05, 0.1) is 0 Å². The van der Waals surface area contributed by atoms with Crippen molar-refractivity contribution in [2.24, 2.45) is 0 Å². The van der Waals surface area contributed by atoms with Crippen LogP contribution in [0, 0.1) is 0 Å². The van der Waals surface area contributed by atoms with E-state index in [9.17, 15) is 0 Å². The molecular weight excluding hydrogens is 175 g/mol. The van der Waals surface area contributed by atoms with Crippen LogP contribution in [-0.4, -0.2) is 18.9 Å². The zero-order valence-corrected chi connectivity index (χ0v) is 7.77. The minimum Gasteiger partial charge on any atom is -0.0616 e. The monoisotopic (exact) mass is 186 g/mol. The van der Waals surface area contributed by atoms with Crippen molar-refractivity contribution < 1.29 is 0 Å². The Bertz CT molecular complexity index is 544. The van der Waals surface area contributed by atoms with E-state index in [4.69, 9.17) is 0 Å². The summed E-state index contributed by atoms with van der Waals surface area (Å²) in [6, 6.07) is 21.4. The molecule has 0 unspecified atom stereocenters. The molecule has 0 heterocycles. The molecule has 3 aromatic carbocycles. The van der Waals surface area contributed by atoms with E-state index in [1.807, 2.05) is 0 Å². The number of benzene rings is 3. The molecule has 3 aromatic rings. The molecule has 0 atom stereocenters. The van der Waals surface area contributed by atoms with Gasteiger partial charge >= 0.3 is 18.9 Å². The van der Waals surface area contributed by atoms with Crippen LogP contribution in [0.15, 0.2) is 60.7 Å². The molecule has 3 rings (SSSR count). The van der Waals surface area contributed by atoms with E-state index in [1.54, 1.807) is 0 Å². The van der Waals surface area contributed by atoms with Crippen LogP contribution in [0.4, 0.5) is 0 Å². The van der Waals surface area contributed by atoms with Crippen LogP contribution in [0.1, 0.15) is 0 Å². The van der Waals surface area contributed by atoms with E-state index >= 15 is 0 Å². The summed E-state index contributed by atoms with van der Waals surface area (Å²) in [5, 5.41) is 5.30. The van der Waals surface area contributed by atoms with Crippen LogP contribution in [0.2, 0.25) is 0 Å². The van der Waals surface area contributed by atoms with Crippen LogP contribution >= 0.6 is 0 Å². The molecule has 0 aliphatic heterocycles. The Balaban J connectivity index is 0.000000853. The van der Waals surface area contributed by atoms with Gasteiger partial charge in [0.1, 0.15) is 0 Å². The van der Waals surface area contributed by atoms with Crippen LogP contribution in [-0.2, 0) is 0 Å². The fourth-order valence-electron chi connectivity index (χ4n) is 1.95. The largest absolute Gasteiger partial charge is 0.0616 e. The third-order valence-electron chi connectivity index (χ3n) is 2.65. The van der Waals surface area contributed by atoms with Gasteiger partial charge in [-0.3, -0.25) is 0 Å². The molecule has 0 aliphatic rings. The second-order valence-corrected chi connectivity index (χ2v) is 3.51. The molecule has 0 aliphatic carbocycles. The van der Waals surface area contributed by atoms with Crippen LogP contribution in [0.25, 0.3) is 21.5 Å². The number of rotatable bonds is 0. The Labute approximate surface area is 101 Å². The van der Waals surface area contributed by atoms with Gasteiger partial charge in [-0.05, 0) is 21.5 Å². The number of hydrogen-bond donors (Lipinski definition) is 0. The Morgan fingerprint density at radius 2 is 0.867 bits per heavy atom. The van der Waals surface area contributed by atoms with Crippen molar-refractivity contribution in [3.8, 4) is 0 Å². The predicted molar refractivity (Wildman–Crippen MR) is 68.6 cm³/mol. The van der Waals surface area contributed by atoms with E-state index in [-0.39, 0.29) is 18.9 Å². The van der Waals surface area contributed by atoms with Crippen LogP contribution < -0.4 is 0 Å². The number of hydrogen-bond acceptors (Lipinski definition) is 0. The van der Waals surface area contributed by atoms with Gasteiger partial charge < -0.3 is 0 Å². The Morgan fingerprint density at radius 3 is 1.33 bits per heavy atom. The zero-order chi connectivity index (χ0) is 9.38. The van der Waals surface area contributed by atoms with E-state index < -0.39 is 0 Å². The van der Waals surface area contributed by atoms with Gasteiger partial charge in [-0.25, -0.2) is 0 Å². The predicted octanol–water partition coefficient (Wildman–Crippen LogP) is 3.34. The van der Waals surface area contributed by atoms with Crippen molar-refractivity contribution >= 4 is 40.4 Å². The summed E-state index contributed by atoms with van der Waals surface area (Å²) in [6.07, 6.45) is 0. The van der Waals surface area contributed by atoms with Crippen LogP contribution in [0.5, 0.6) is 0 Å². The third-order valence-corrected chi connectivity index (χ3v) is 2.65. The Morgan fingerprint density at radius 1 is 0.467 bits per heavy atom.